The number of nitrogens with zero attached hydrogens (tertiary/aromatic N) is 2. The zero-order valence-corrected chi connectivity index (χ0v) is 11.8. The molecule has 1 N–H and O–H groups in total. The summed E-state index contributed by atoms with van der Waals surface area (Å²) in [5.41, 5.74) is 1.12. The van der Waals surface area contributed by atoms with Crippen molar-refractivity contribution in [3.8, 4) is 0 Å². The maximum absolute atomic E-state index is 12.5. The van der Waals surface area contributed by atoms with Gasteiger partial charge in [-0.3, -0.25) is 14.9 Å². The number of carbonyl (C=O) groups is 1. The SMILES string of the molecule is Cc1ccc([N+](=O)[O-])cc1C(=O)N(C)C1CCCNC1. The summed E-state index contributed by atoms with van der Waals surface area (Å²) in [6, 6.07) is 4.56. The number of likely N-dealkylation sites (N-methyl/N-ethyl adjacent to an activating group) is 1. The highest BCUT2D eigenvalue weighted by Crippen LogP contribution is 2.20. The number of piperidine rings is 1. The summed E-state index contributed by atoms with van der Waals surface area (Å²) < 4.78 is 0. The van der Waals surface area contributed by atoms with E-state index in [2.05, 4.69) is 5.32 Å². The van der Waals surface area contributed by atoms with Crippen LogP contribution in [0.3, 0.4) is 0 Å². The third-order valence-electron chi connectivity index (χ3n) is 3.80. The Morgan fingerprint density at radius 1 is 1.50 bits per heavy atom. The van der Waals surface area contributed by atoms with Crippen molar-refractivity contribution in [2.45, 2.75) is 25.8 Å². The number of rotatable bonds is 3. The topological polar surface area (TPSA) is 75.5 Å². The minimum absolute atomic E-state index is 0.0471. The second-order valence-electron chi connectivity index (χ2n) is 5.17. The predicted molar refractivity (Wildman–Crippen MR) is 75.8 cm³/mol. The Kier molecular flexibility index (Phi) is 4.34. The van der Waals surface area contributed by atoms with E-state index in [1.165, 1.54) is 12.1 Å². The van der Waals surface area contributed by atoms with Crippen LogP contribution < -0.4 is 5.32 Å². The van der Waals surface area contributed by atoms with E-state index in [1.807, 2.05) is 0 Å². The van der Waals surface area contributed by atoms with E-state index in [9.17, 15) is 14.9 Å². The zero-order valence-electron chi connectivity index (χ0n) is 11.8. The number of nitro groups is 1. The number of amides is 1. The van der Waals surface area contributed by atoms with Gasteiger partial charge in [-0.05, 0) is 31.9 Å². The molecule has 1 aromatic rings. The van der Waals surface area contributed by atoms with Crippen LogP contribution in [-0.4, -0.2) is 41.9 Å². The van der Waals surface area contributed by atoms with Gasteiger partial charge in [0.15, 0.2) is 0 Å². The van der Waals surface area contributed by atoms with Crippen LogP contribution >= 0.6 is 0 Å². The molecule has 0 aromatic heterocycles. The van der Waals surface area contributed by atoms with Crippen LogP contribution in [0.5, 0.6) is 0 Å². The first kappa shape index (κ1) is 14.5. The average molecular weight is 277 g/mol. The summed E-state index contributed by atoms with van der Waals surface area (Å²) in [5, 5.41) is 14.1. The van der Waals surface area contributed by atoms with Crippen LogP contribution in [0.4, 0.5) is 5.69 Å². The molecule has 6 nitrogen and oxygen atoms in total. The van der Waals surface area contributed by atoms with Gasteiger partial charge < -0.3 is 10.2 Å². The van der Waals surface area contributed by atoms with E-state index in [1.54, 1.807) is 24.9 Å². The summed E-state index contributed by atoms with van der Waals surface area (Å²) >= 11 is 0. The molecule has 1 aliphatic rings. The lowest BCUT2D eigenvalue weighted by Gasteiger charge is -2.32. The third kappa shape index (κ3) is 2.96. The van der Waals surface area contributed by atoms with Crippen LogP contribution in [0.2, 0.25) is 0 Å². The Morgan fingerprint density at radius 3 is 2.85 bits per heavy atom. The van der Waals surface area contributed by atoms with Gasteiger partial charge in [-0.15, -0.1) is 0 Å². The summed E-state index contributed by atoms with van der Waals surface area (Å²) in [7, 11) is 1.76. The highest BCUT2D eigenvalue weighted by Gasteiger charge is 2.24. The minimum Gasteiger partial charge on any atom is -0.337 e. The molecule has 0 saturated carbocycles. The molecule has 1 amide bonds. The first-order chi connectivity index (χ1) is 9.50. The lowest BCUT2D eigenvalue weighted by molar-refractivity contribution is -0.384. The Labute approximate surface area is 117 Å². The number of nitro benzene ring substituents is 1. The van der Waals surface area contributed by atoms with Gasteiger partial charge in [0.2, 0.25) is 0 Å². The lowest BCUT2D eigenvalue weighted by Crippen LogP contribution is -2.46. The van der Waals surface area contributed by atoms with E-state index >= 15 is 0 Å². The largest absolute Gasteiger partial charge is 0.337 e. The molecule has 1 unspecified atom stereocenters. The lowest BCUT2D eigenvalue weighted by atomic mass is 10.0. The monoisotopic (exact) mass is 277 g/mol. The highest BCUT2D eigenvalue weighted by molar-refractivity contribution is 5.96. The van der Waals surface area contributed by atoms with Gasteiger partial charge >= 0.3 is 0 Å². The molecule has 6 heteroatoms. The number of non-ortho nitro benzene ring substituents is 1. The first-order valence-electron chi connectivity index (χ1n) is 6.73. The maximum Gasteiger partial charge on any atom is 0.270 e. The van der Waals surface area contributed by atoms with Gasteiger partial charge in [0.1, 0.15) is 0 Å². The smallest absolute Gasteiger partial charge is 0.270 e. The highest BCUT2D eigenvalue weighted by atomic mass is 16.6. The van der Waals surface area contributed by atoms with E-state index < -0.39 is 4.92 Å². The van der Waals surface area contributed by atoms with E-state index in [0.717, 1.165) is 31.5 Å². The van der Waals surface area contributed by atoms with Crippen LogP contribution in [0, 0.1) is 17.0 Å². The van der Waals surface area contributed by atoms with Crippen molar-refractivity contribution >= 4 is 11.6 Å². The summed E-state index contributed by atoms with van der Waals surface area (Å²) in [5.74, 6) is -0.153. The summed E-state index contributed by atoms with van der Waals surface area (Å²) in [6.07, 6.45) is 2.00. The van der Waals surface area contributed by atoms with Crippen molar-refractivity contribution < 1.29 is 9.72 Å². The molecule has 0 bridgehead atoms. The van der Waals surface area contributed by atoms with Crippen molar-refractivity contribution in [3.05, 3.63) is 39.4 Å². The number of hydrogen-bond donors (Lipinski definition) is 1. The molecule has 0 spiro atoms. The van der Waals surface area contributed by atoms with E-state index in [-0.39, 0.29) is 17.6 Å². The van der Waals surface area contributed by atoms with Gasteiger partial charge in [-0.2, -0.15) is 0 Å². The Balaban J connectivity index is 2.23. The number of nitrogens with one attached hydrogen (secondary N) is 1. The molecular formula is C14H19N3O3. The Bertz CT molecular complexity index is 524. The fourth-order valence-electron chi connectivity index (χ4n) is 2.47. The second kappa shape index (κ2) is 6.00. The van der Waals surface area contributed by atoms with Crippen molar-refractivity contribution in [2.75, 3.05) is 20.1 Å². The molecule has 1 fully saturated rings. The van der Waals surface area contributed by atoms with Crippen LogP contribution in [0.25, 0.3) is 0 Å². The Hall–Kier alpha value is -1.95. The van der Waals surface area contributed by atoms with Gasteiger partial charge in [-0.1, -0.05) is 6.07 Å². The summed E-state index contributed by atoms with van der Waals surface area (Å²) in [4.78, 5) is 24.6. The molecule has 1 saturated heterocycles. The third-order valence-corrected chi connectivity index (χ3v) is 3.80. The average Bonchev–Trinajstić information content (AvgIpc) is 2.47. The summed E-state index contributed by atoms with van der Waals surface area (Å²) in [6.45, 7) is 3.55. The quantitative estimate of drug-likeness (QED) is 0.674. The predicted octanol–water partition coefficient (Wildman–Crippen LogP) is 1.73. The molecule has 1 aliphatic heterocycles. The molecule has 1 heterocycles. The van der Waals surface area contributed by atoms with E-state index in [4.69, 9.17) is 0 Å². The molecule has 1 atom stereocenters. The maximum atomic E-state index is 12.5. The van der Waals surface area contributed by atoms with Gasteiger partial charge in [0, 0.05) is 37.3 Å². The molecule has 108 valence electrons. The second-order valence-corrected chi connectivity index (χ2v) is 5.17. The Morgan fingerprint density at radius 2 is 2.25 bits per heavy atom. The zero-order chi connectivity index (χ0) is 14.7. The fourth-order valence-corrected chi connectivity index (χ4v) is 2.47. The van der Waals surface area contributed by atoms with Gasteiger partial charge in [-0.25, -0.2) is 0 Å². The van der Waals surface area contributed by atoms with Crippen molar-refractivity contribution in [3.63, 3.8) is 0 Å². The van der Waals surface area contributed by atoms with Crippen LogP contribution in [0.15, 0.2) is 18.2 Å². The minimum atomic E-state index is -0.474. The van der Waals surface area contributed by atoms with Crippen molar-refractivity contribution in [1.82, 2.24) is 10.2 Å². The molecule has 20 heavy (non-hydrogen) atoms. The van der Waals surface area contributed by atoms with Crippen LogP contribution in [0.1, 0.15) is 28.8 Å². The number of aryl methyl sites for hydroxylation is 1. The van der Waals surface area contributed by atoms with Gasteiger partial charge in [0.25, 0.3) is 11.6 Å². The molecule has 1 aromatic carbocycles. The molecular weight excluding hydrogens is 258 g/mol. The number of benzene rings is 1. The molecule has 0 radical (unpaired) electrons. The van der Waals surface area contributed by atoms with Crippen molar-refractivity contribution in [1.29, 1.82) is 0 Å². The number of carbonyl (C=O) groups excluding carboxylic acids is 1. The van der Waals surface area contributed by atoms with Crippen LogP contribution in [-0.2, 0) is 0 Å². The first-order valence-corrected chi connectivity index (χ1v) is 6.73. The van der Waals surface area contributed by atoms with Crippen molar-refractivity contribution in [2.24, 2.45) is 0 Å². The molecule has 2 rings (SSSR count). The van der Waals surface area contributed by atoms with E-state index in [0.29, 0.717) is 5.56 Å². The normalized spacial score (nSPS) is 18.6. The number of hydrogen-bond acceptors (Lipinski definition) is 4. The molecule has 0 aliphatic carbocycles. The fraction of sp³-hybridized carbons (Fsp3) is 0.500. The van der Waals surface area contributed by atoms with Gasteiger partial charge in [0.05, 0.1) is 4.92 Å². The standard InChI is InChI=1S/C14H19N3O3/c1-10-5-6-11(17(19)20)8-13(10)14(18)16(2)12-4-3-7-15-9-12/h5-6,8,12,15H,3-4,7,9H2,1-2H3.